The van der Waals surface area contributed by atoms with E-state index in [4.69, 9.17) is 14.2 Å². The highest BCUT2D eigenvalue weighted by Crippen LogP contribution is 2.29. The average molecular weight is 407 g/mol. The predicted molar refractivity (Wildman–Crippen MR) is 103 cm³/mol. The van der Waals surface area contributed by atoms with Crippen molar-refractivity contribution in [3.05, 3.63) is 18.2 Å². The summed E-state index contributed by atoms with van der Waals surface area (Å²) in [4.78, 5) is 49.5. The number of methoxy groups -OCH3 is 2. The van der Waals surface area contributed by atoms with Crippen molar-refractivity contribution in [1.82, 2.24) is 10.2 Å². The number of anilines is 1. The molecule has 0 aliphatic carbocycles. The quantitative estimate of drug-likeness (QED) is 0.492. The monoisotopic (exact) mass is 407 g/mol. The minimum Gasteiger partial charge on any atom is -0.493 e. The molecule has 2 rings (SSSR count). The maximum Gasteiger partial charge on any atom is 0.327 e. The number of carbonyl (C=O) groups is 4. The molecule has 29 heavy (non-hydrogen) atoms. The number of urea groups is 1. The summed E-state index contributed by atoms with van der Waals surface area (Å²) in [6, 6.07) is 4.11. The Hall–Kier alpha value is -3.30. The van der Waals surface area contributed by atoms with Gasteiger partial charge in [0, 0.05) is 11.8 Å². The van der Waals surface area contributed by atoms with Gasteiger partial charge in [-0.05, 0) is 32.4 Å². The van der Waals surface area contributed by atoms with Crippen molar-refractivity contribution in [3.8, 4) is 11.5 Å². The minimum absolute atomic E-state index is 0.382. The lowest BCUT2D eigenvalue weighted by Gasteiger charge is -2.19. The summed E-state index contributed by atoms with van der Waals surface area (Å²) in [6.07, 6.45) is -0.762. The normalized spacial score (nSPS) is 19.4. The molecule has 1 aromatic rings. The zero-order valence-electron chi connectivity index (χ0n) is 17.0. The first kappa shape index (κ1) is 22.0. The number of nitrogens with one attached hydrogen (secondary N) is 2. The highest BCUT2D eigenvalue weighted by Gasteiger charge is 2.47. The molecule has 1 aliphatic rings. The summed E-state index contributed by atoms with van der Waals surface area (Å²) in [7, 11) is 2.96. The van der Waals surface area contributed by atoms with E-state index in [9.17, 15) is 19.2 Å². The Morgan fingerprint density at radius 2 is 1.86 bits per heavy atom. The molecule has 1 aliphatic heterocycles. The fraction of sp³-hybridized carbons (Fsp3) is 0.474. The van der Waals surface area contributed by atoms with E-state index in [1.165, 1.54) is 21.1 Å². The number of carbonyl (C=O) groups excluding carboxylic acids is 4. The zero-order valence-corrected chi connectivity index (χ0v) is 17.0. The van der Waals surface area contributed by atoms with Gasteiger partial charge in [0.2, 0.25) is 0 Å². The SMILES string of the molecule is CC[C@]1(C)NC(=O)N(CC(=O)O[C@H](C)C(=O)Nc2ccc(OC)c(OC)c2)C1=O. The van der Waals surface area contributed by atoms with Gasteiger partial charge < -0.3 is 24.8 Å². The zero-order chi connectivity index (χ0) is 21.8. The van der Waals surface area contributed by atoms with Crippen LogP contribution in [0, 0.1) is 0 Å². The van der Waals surface area contributed by atoms with Gasteiger partial charge in [0.05, 0.1) is 14.2 Å². The Morgan fingerprint density at radius 3 is 2.41 bits per heavy atom. The van der Waals surface area contributed by atoms with Crippen LogP contribution in [0.4, 0.5) is 10.5 Å². The maximum atomic E-state index is 12.3. The summed E-state index contributed by atoms with van der Waals surface area (Å²) < 4.78 is 15.4. The number of imide groups is 1. The van der Waals surface area contributed by atoms with Crippen molar-refractivity contribution in [3.63, 3.8) is 0 Å². The number of esters is 1. The molecule has 0 saturated carbocycles. The minimum atomic E-state index is -1.14. The van der Waals surface area contributed by atoms with E-state index in [1.807, 2.05) is 0 Å². The Labute approximate surface area is 168 Å². The number of rotatable bonds is 8. The molecule has 2 atom stereocenters. The number of hydrogen-bond acceptors (Lipinski definition) is 7. The van der Waals surface area contributed by atoms with Gasteiger partial charge >= 0.3 is 12.0 Å². The van der Waals surface area contributed by atoms with E-state index in [-0.39, 0.29) is 0 Å². The van der Waals surface area contributed by atoms with Gasteiger partial charge in [-0.3, -0.25) is 19.3 Å². The van der Waals surface area contributed by atoms with Crippen LogP contribution in [0.2, 0.25) is 0 Å². The van der Waals surface area contributed by atoms with Gasteiger partial charge in [-0.1, -0.05) is 6.92 Å². The lowest BCUT2D eigenvalue weighted by molar-refractivity contribution is -0.155. The van der Waals surface area contributed by atoms with Crippen LogP contribution in [-0.2, 0) is 19.1 Å². The Kier molecular flexibility index (Phi) is 6.68. The summed E-state index contributed by atoms with van der Waals surface area (Å²) >= 11 is 0. The highest BCUT2D eigenvalue weighted by atomic mass is 16.5. The van der Waals surface area contributed by atoms with Crippen molar-refractivity contribution in [2.24, 2.45) is 0 Å². The van der Waals surface area contributed by atoms with Gasteiger partial charge in [0.15, 0.2) is 17.6 Å². The molecular weight excluding hydrogens is 382 g/mol. The van der Waals surface area contributed by atoms with Crippen molar-refractivity contribution in [1.29, 1.82) is 0 Å². The second kappa shape index (κ2) is 8.80. The third kappa shape index (κ3) is 4.76. The topological polar surface area (TPSA) is 123 Å². The molecular formula is C19H25N3O7. The molecule has 1 saturated heterocycles. The second-order valence-corrected chi connectivity index (χ2v) is 6.70. The number of hydrogen-bond donors (Lipinski definition) is 2. The maximum absolute atomic E-state index is 12.3. The van der Waals surface area contributed by atoms with Gasteiger partial charge in [-0.15, -0.1) is 0 Å². The van der Waals surface area contributed by atoms with Crippen LogP contribution in [0.25, 0.3) is 0 Å². The molecule has 0 radical (unpaired) electrons. The number of ether oxygens (including phenoxy) is 3. The molecule has 158 valence electrons. The smallest absolute Gasteiger partial charge is 0.327 e. The van der Waals surface area contributed by atoms with E-state index < -0.39 is 42.0 Å². The van der Waals surface area contributed by atoms with Crippen LogP contribution in [0.1, 0.15) is 27.2 Å². The lowest BCUT2D eigenvalue weighted by atomic mass is 9.99. The van der Waals surface area contributed by atoms with Gasteiger partial charge in [-0.25, -0.2) is 4.79 Å². The van der Waals surface area contributed by atoms with E-state index in [1.54, 1.807) is 32.0 Å². The Morgan fingerprint density at radius 1 is 1.21 bits per heavy atom. The highest BCUT2D eigenvalue weighted by molar-refractivity contribution is 6.08. The Balaban J connectivity index is 1.95. The molecule has 0 spiro atoms. The van der Waals surface area contributed by atoms with E-state index >= 15 is 0 Å². The van der Waals surface area contributed by atoms with E-state index in [2.05, 4.69) is 10.6 Å². The summed E-state index contributed by atoms with van der Waals surface area (Å²) in [5.74, 6) is -1.04. The first-order chi connectivity index (χ1) is 13.6. The molecule has 1 aromatic carbocycles. The molecule has 1 heterocycles. The number of amides is 4. The number of nitrogens with zero attached hydrogens (tertiary/aromatic N) is 1. The molecule has 4 amide bonds. The lowest BCUT2D eigenvalue weighted by Crippen LogP contribution is -2.44. The van der Waals surface area contributed by atoms with Crippen LogP contribution < -0.4 is 20.1 Å². The van der Waals surface area contributed by atoms with E-state index in [0.29, 0.717) is 23.6 Å². The van der Waals surface area contributed by atoms with Crippen LogP contribution in [0.3, 0.4) is 0 Å². The fourth-order valence-electron chi connectivity index (χ4n) is 2.71. The standard InChI is InChI=1S/C19H25N3O7/c1-6-19(3)17(25)22(18(26)21-19)10-15(23)29-11(2)16(24)20-12-7-8-13(27-4)14(9-12)28-5/h7-9,11H,6,10H2,1-5H3,(H,20,24)(H,21,26)/t11-,19+/m1/s1. The third-order valence-electron chi connectivity index (χ3n) is 4.67. The van der Waals surface area contributed by atoms with Gasteiger partial charge in [0.25, 0.3) is 11.8 Å². The molecule has 0 bridgehead atoms. The fourth-order valence-corrected chi connectivity index (χ4v) is 2.71. The largest absolute Gasteiger partial charge is 0.493 e. The second-order valence-electron chi connectivity index (χ2n) is 6.70. The average Bonchev–Trinajstić information content (AvgIpc) is 2.91. The van der Waals surface area contributed by atoms with Gasteiger partial charge in [0.1, 0.15) is 12.1 Å². The third-order valence-corrected chi connectivity index (χ3v) is 4.67. The van der Waals surface area contributed by atoms with Crippen LogP contribution in [0.15, 0.2) is 18.2 Å². The molecule has 1 fully saturated rings. The predicted octanol–water partition coefficient (Wildman–Crippen LogP) is 1.29. The van der Waals surface area contributed by atoms with Crippen LogP contribution >= 0.6 is 0 Å². The molecule has 2 N–H and O–H groups in total. The Bertz CT molecular complexity index is 826. The molecule has 10 nitrogen and oxygen atoms in total. The van der Waals surface area contributed by atoms with Crippen LogP contribution in [0.5, 0.6) is 11.5 Å². The summed E-state index contributed by atoms with van der Waals surface area (Å²) in [5.41, 5.74) is -0.628. The summed E-state index contributed by atoms with van der Waals surface area (Å²) in [5, 5.41) is 5.14. The van der Waals surface area contributed by atoms with Gasteiger partial charge in [-0.2, -0.15) is 0 Å². The first-order valence-corrected chi connectivity index (χ1v) is 9.01. The van der Waals surface area contributed by atoms with Crippen LogP contribution in [-0.4, -0.2) is 61.1 Å². The number of benzene rings is 1. The molecule has 0 unspecified atom stereocenters. The summed E-state index contributed by atoms with van der Waals surface area (Å²) in [6.45, 7) is 4.14. The molecule has 10 heteroatoms. The van der Waals surface area contributed by atoms with Crippen molar-refractivity contribution < 1.29 is 33.4 Å². The van der Waals surface area contributed by atoms with Crippen molar-refractivity contribution >= 4 is 29.5 Å². The van der Waals surface area contributed by atoms with Crippen molar-refractivity contribution in [2.45, 2.75) is 38.8 Å². The first-order valence-electron chi connectivity index (χ1n) is 9.01. The molecule has 0 aromatic heterocycles. The van der Waals surface area contributed by atoms with E-state index in [0.717, 1.165) is 4.90 Å². The van der Waals surface area contributed by atoms with Crippen molar-refractivity contribution in [2.75, 3.05) is 26.1 Å².